The number of hydrogen-bond acceptors (Lipinski definition) is 2. The molecule has 1 atom stereocenters. The van der Waals surface area contributed by atoms with Gasteiger partial charge in [0.2, 0.25) is 0 Å². The Morgan fingerprint density at radius 1 is 1.12 bits per heavy atom. The molecule has 0 heterocycles. The Labute approximate surface area is 117 Å². The van der Waals surface area contributed by atoms with Crippen molar-refractivity contribution in [2.24, 2.45) is 0 Å². The number of rotatable bonds is 1. The maximum Gasteiger partial charge on any atom is 0.506 e. The third kappa shape index (κ3) is 2.17. The minimum absolute atomic E-state index is 0.123. The summed E-state index contributed by atoms with van der Waals surface area (Å²) in [7, 11) is 0. The maximum atomic E-state index is 10.6. The summed E-state index contributed by atoms with van der Waals surface area (Å²) < 4.78 is 4.74. The highest BCUT2D eigenvalue weighted by Gasteiger charge is 2.33. The predicted octanol–water partition coefficient (Wildman–Crippen LogP) is 4.98. The number of carbonyl (C=O) groups is 1. The fraction of sp³-hybridized carbons (Fsp3) is 0.300. The van der Waals surface area contributed by atoms with Gasteiger partial charge in [0.25, 0.3) is 0 Å². The smallest absolute Gasteiger partial charge is 0.450 e. The van der Waals surface area contributed by atoms with Crippen molar-refractivity contribution in [1.29, 1.82) is 0 Å². The zero-order valence-electron chi connectivity index (χ0n) is 8.27. The van der Waals surface area contributed by atoms with Gasteiger partial charge in [-0.05, 0) is 18.4 Å². The van der Waals surface area contributed by atoms with Crippen LogP contribution in [0, 0.1) is 0 Å². The average molecular weight is 316 g/mol. The highest BCUT2D eigenvalue weighted by atomic mass is 35.5. The first-order chi connectivity index (χ1) is 7.93. The topological polar surface area (TPSA) is 46.5 Å². The summed E-state index contributed by atoms with van der Waals surface area (Å²) in [5.41, 5.74) is 1.23. The molecule has 1 aromatic rings. The van der Waals surface area contributed by atoms with E-state index in [4.69, 9.17) is 56.2 Å². The lowest BCUT2D eigenvalue weighted by Gasteiger charge is -2.14. The quantitative estimate of drug-likeness (QED) is 0.451. The lowest BCUT2D eigenvalue weighted by molar-refractivity contribution is 0.0520. The van der Waals surface area contributed by atoms with Crippen molar-refractivity contribution < 1.29 is 14.6 Å². The lowest BCUT2D eigenvalue weighted by atomic mass is 10.1. The molecule has 1 N–H and O–H groups in total. The molecule has 0 amide bonds. The third-order valence-electron chi connectivity index (χ3n) is 2.63. The van der Waals surface area contributed by atoms with Gasteiger partial charge in [-0.3, -0.25) is 0 Å². The molecule has 1 aliphatic carbocycles. The van der Waals surface area contributed by atoms with E-state index >= 15 is 0 Å². The second kappa shape index (κ2) is 4.73. The summed E-state index contributed by atoms with van der Waals surface area (Å²) in [6, 6.07) is 0. The van der Waals surface area contributed by atoms with Gasteiger partial charge in [0.1, 0.15) is 6.10 Å². The minimum atomic E-state index is -1.36. The van der Waals surface area contributed by atoms with Crippen LogP contribution in [0.15, 0.2) is 0 Å². The Kier molecular flexibility index (Phi) is 3.64. The van der Waals surface area contributed by atoms with E-state index in [1.54, 1.807) is 0 Å². The molecule has 0 fully saturated rings. The van der Waals surface area contributed by atoms with E-state index in [-0.39, 0.29) is 15.1 Å². The van der Waals surface area contributed by atoms with Crippen LogP contribution in [0.2, 0.25) is 20.1 Å². The largest absolute Gasteiger partial charge is 0.506 e. The summed E-state index contributed by atoms with van der Waals surface area (Å²) in [5.74, 6) is 0. The molecule has 0 saturated carbocycles. The molecule has 0 aliphatic heterocycles. The standard InChI is InChI=1S/C10H6Cl4O3/c11-6-3-1-2-4(17-10(15)16)5(3)7(12)9(14)8(6)13/h4H,1-2H2,(H,15,16). The van der Waals surface area contributed by atoms with Crippen LogP contribution in [-0.2, 0) is 11.2 Å². The molecule has 0 spiro atoms. The molecular formula is C10H6Cl4O3. The van der Waals surface area contributed by atoms with Gasteiger partial charge in [-0.15, -0.1) is 0 Å². The second-order valence-electron chi connectivity index (χ2n) is 3.56. The fourth-order valence-electron chi connectivity index (χ4n) is 1.93. The molecule has 3 nitrogen and oxygen atoms in total. The van der Waals surface area contributed by atoms with Crippen LogP contribution in [0.3, 0.4) is 0 Å². The van der Waals surface area contributed by atoms with Crippen molar-refractivity contribution in [1.82, 2.24) is 0 Å². The van der Waals surface area contributed by atoms with Crippen LogP contribution in [0.4, 0.5) is 4.79 Å². The SMILES string of the molecule is O=C(O)OC1CCc2c(Cl)c(Cl)c(Cl)c(Cl)c21. The Morgan fingerprint density at radius 3 is 2.29 bits per heavy atom. The Morgan fingerprint density at radius 2 is 1.71 bits per heavy atom. The number of fused-ring (bicyclic) bond motifs is 1. The van der Waals surface area contributed by atoms with Crippen molar-refractivity contribution in [3.8, 4) is 0 Å². The van der Waals surface area contributed by atoms with Gasteiger partial charge in [-0.1, -0.05) is 46.4 Å². The first-order valence-corrected chi connectivity index (χ1v) is 6.19. The average Bonchev–Trinajstić information content (AvgIpc) is 2.66. The molecule has 2 rings (SSSR count). The van der Waals surface area contributed by atoms with Gasteiger partial charge in [-0.25, -0.2) is 4.79 Å². The first kappa shape index (κ1) is 13.1. The zero-order chi connectivity index (χ0) is 12.7. The normalized spacial score (nSPS) is 18.0. The van der Waals surface area contributed by atoms with E-state index < -0.39 is 12.3 Å². The molecular weight excluding hydrogens is 310 g/mol. The van der Waals surface area contributed by atoms with E-state index in [0.29, 0.717) is 29.0 Å². The van der Waals surface area contributed by atoms with Crippen LogP contribution >= 0.6 is 46.4 Å². The number of carboxylic acid groups (broad SMARTS) is 1. The van der Waals surface area contributed by atoms with Crippen LogP contribution < -0.4 is 0 Å². The molecule has 0 bridgehead atoms. The number of hydrogen-bond donors (Lipinski definition) is 1. The van der Waals surface area contributed by atoms with Crippen molar-refractivity contribution in [2.75, 3.05) is 0 Å². The van der Waals surface area contributed by atoms with E-state index in [1.807, 2.05) is 0 Å². The van der Waals surface area contributed by atoms with Gasteiger partial charge in [0.15, 0.2) is 0 Å². The first-order valence-electron chi connectivity index (χ1n) is 4.67. The number of benzene rings is 1. The molecule has 1 unspecified atom stereocenters. The predicted molar refractivity (Wildman–Crippen MR) is 66.7 cm³/mol. The monoisotopic (exact) mass is 314 g/mol. The van der Waals surface area contributed by atoms with E-state index in [0.717, 1.165) is 0 Å². The van der Waals surface area contributed by atoms with Gasteiger partial charge < -0.3 is 9.84 Å². The Hall–Kier alpha value is -0.350. The number of ether oxygens (including phenoxy) is 1. The highest BCUT2D eigenvalue weighted by molar-refractivity contribution is 6.52. The summed E-state index contributed by atoms with van der Waals surface area (Å²) >= 11 is 23.9. The molecule has 0 aromatic heterocycles. The molecule has 92 valence electrons. The van der Waals surface area contributed by atoms with Gasteiger partial charge in [0, 0.05) is 5.56 Å². The van der Waals surface area contributed by atoms with Crippen molar-refractivity contribution in [2.45, 2.75) is 18.9 Å². The summed E-state index contributed by atoms with van der Waals surface area (Å²) in [5, 5.41) is 9.46. The minimum Gasteiger partial charge on any atom is -0.450 e. The van der Waals surface area contributed by atoms with Gasteiger partial charge in [0.05, 0.1) is 20.1 Å². The van der Waals surface area contributed by atoms with Crippen molar-refractivity contribution in [3.63, 3.8) is 0 Å². The lowest BCUT2D eigenvalue weighted by Crippen LogP contribution is -2.06. The molecule has 0 radical (unpaired) electrons. The fourth-order valence-corrected chi connectivity index (χ4v) is 3.06. The van der Waals surface area contributed by atoms with Gasteiger partial charge >= 0.3 is 6.16 Å². The van der Waals surface area contributed by atoms with E-state index in [1.165, 1.54) is 0 Å². The summed E-state index contributed by atoms with van der Waals surface area (Å²) in [4.78, 5) is 10.6. The van der Waals surface area contributed by atoms with Crippen LogP contribution in [0.1, 0.15) is 23.7 Å². The van der Waals surface area contributed by atoms with Crippen molar-refractivity contribution in [3.05, 3.63) is 31.2 Å². The molecule has 0 saturated heterocycles. The van der Waals surface area contributed by atoms with E-state index in [9.17, 15) is 4.79 Å². The number of halogens is 4. The van der Waals surface area contributed by atoms with Crippen molar-refractivity contribution >= 4 is 52.6 Å². The van der Waals surface area contributed by atoms with Crippen LogP contribution in [0.5, 0.6) is 0 Å². The van der Waals surface area contributed by atoms with E-state index in [2.05, 4.69) is 0 Å². The second-order valence-corrected chi connectivity index (χ2v) is 5.07. The molecule has 7 heteroatoms. The zero-order valence-corrected chi connectivity index (χ0v) is 11.3. The summed E-state index contributed by atoms with van der Waals surface area (Å²) in [6.07, 6.45) is -0.955. The summed E-state index contributed by atoms with van der Waals surface area (Å²) in [6.45, 7) is 0. The third-order valence-corrected chi connectivity index (χ3v) is 4.48. The molecule has 1 aromatic carbocycles. The van der Waals surface area contributed by atoms with Crippen LogP contribution in [-0.4, -0.2) is 11.3 Å². The maximum absolute atomic E-state index is 10.6. The van der Waals surface area contributed by atoms with Gasteiger partial charge in [-0.2, -0.15) is 0 Å². The molecule has 1 aliphatic rings. The Bertz CT molecular complexity index is 501. The Balaban J connectivity index is 2.56. The van der Waals surface area contributed by atoms with Crippen LogP contribution in [0.25, 0.3) is 0 Å². The molecule has 17 heavy (non-hydrogen) atoms. The highest BCUT2D eigenvalue weighted by Crippen LogP contribution is 2.49.